The summed E-state index contributed by atoms with van der Waals surface area (Å²) >= 11 is 0. The van der Waals surface area contributed by atoms with Crippen LogP contribution in [0, 0.1) is 5.92 Å². The first kappa shape index (κ1) is 15.8. The molecule has 21 heavy (non-hydrogen) atoms. The van der Waals surface area contributed by atoms with Gasteiger partial charge in [-0.25, -0.2) is 0 Å². The second-order valence-electron chi connectivity index (χ2n) is 6.05. The SMILES string of the molecule is CCC(C)C(N)C(=O)N1CCCC(Nc2ccccc2)C1. The van der Waals surface area contributed by atoms with E-state index in [2.05, 4.69) is 24.4 Å². The quantitative estimate of drug-likeness (QED) is 0.875. The molecule has 0 bridgehead atoms. The van der Waals surface area contributed by atoms with Crippen LogP contribution in [-0.4, -0.2) is 36.0 Å². The summed E-state index contributed by atoms with van der Waals surface area (Å²) in [6.07, 6.45) is 3.06. The van der Waals surface area contributed by atoms with Crippen molar-refractivity contribution in [3.63, 3.8) is 0 Å². The Bertz CT molecular complexity index is 449. The van der Waals surface area contributed by atoms with Crippen molar-refractivity contribution in [3.05, 3.63) is 30.3 Å². The standard InChI is InChI=1S/C17H27N3O/c1-3-13(2)16(18)17(21)20-11-7-10-15(12-20)19-14-8-5-4-6-9-14/h4-6,8-9,13,15-16,19H,3,7,10-12,18H2,1-2H3. The highest BCUT2D eigenvalue weighted by Crippen LogP contribution is 2.18. The summed E-state index contributed by atoms with van der Waals surface area (Å²) in [7, 11) is 0. The summed E-state index contributed by atoms with van der Waals surface area (Å²) in [6, 6.07) is 10.1. The van der Waals surface area contributed by atoms with E-state index in [0.29, 0.717) is 6.04 Å². The number of nitrogens with one attached hydrogen (secondary N) is 1. The molecule has 1 aliphatic heterocycles. The van der Waals surface area contributed by atoms with Crippen molar-refractivity contribution in [1.82, 2.24) is 4.90 Å². The van der Waals surface area contributed by atoms with Gasteiger partial charge in [0.2, 0.25) is 5.91 Å². The van der Waals surface area contributed by atoms with Crippen LogP contribution in [0.25, 0.3) is 0 Å². The molecule has 3 N–H and O–H groups in total. The number of nitrogens with zero attached hydrogens (tertiary/aromatic N) is 1. The van der Waals surface area contributed by atoms with Crippen molar-refractivity contribution in [1.29, 1.82) is 0 Å². The first-order valence-electron chi connectivity index (χ1n) is 7.97. The molecule has 1 aromatic rings. The van der Waals surface area contributed by atoms with Crippen molar-refractivity contribution in [2.45, 2.75) is 45.2 Å². The van der Waals surface area contributed by atoms with Gasteiger partial charge < -0.3 is 16.0 Å². The molecule has 1 aliphatic rings. The van der Waals surface area contributed by atoms with E-state index < -0.39 is 0 Å². The third-order valence-electron chi connectivity index (χ3n) is 4.42. The zero-order chi connectivity index (χ0) is 15.2. The number of amides is 1. The number of nitrogens with two attached hydrogens (primary N) is 1. The van der Waals surface area contributed by atoms with E-state index >= 15 is 0 Å². The smallest absolute Gasteiger partial charge is 0.239 e. The first-order chi connectivity index (χ1) is 10.1. The fourth-order valence-electron chi connectivity index (χ4n) is 2.77. The summed E-state index contributed by atoms with van der Waals surface area (Å²) in [5.41, 5.74) is 7.20. The van der Waals surface area contributed by atoms with E-state index in [-0.39, 0.29) is 17.9 Å². The summed E-state index contributed by atoms with van der Waals surface area (Å²) in [4.78, 5) is 14.4. The van der Waals surface area contributed by atoms with Gasteiger partial charge in [-0.1, -0.05) is 38.5 Å². The highest BCUT2D eigenvalue weighted by Gasteiger charge is 2.29. The predicted molar refractivity (Wildman–Crippen MR) is 87.1 cm³/mol. The topological polar surface area (TPSA) is 58.4 Å². The Morgan fingerprint density at radius 1 is 1.43 bits per heavy atom. The molecule has 0 aliphatic carbocycles. The molecule has 1 aromatic carbocycles. The van der Waals surface area contributed by atoms with E-state index in [9.17, 15) is 4.79 Å². The molecule has 2 rings (SSSR count). The molecule has 0 saturated carbocycles. The van der Waals surface area contributed by atoms with E-state index in [0.717, 1.165) is 38.0 Å². The average molecular weight is 289 g/mol. The normalized spacial score (nSPS) is 21.7. The lowest BCUT2D eigenvalue weighted by atomic mass is 9.97. The molecule has 3 atom stereocenters. The van der Waals surface area contributed by atoms with Crippen LogP contribution in [0.3, 0.4) is 0 Å². The maximum Gasteiger partial charge on any atom is 0.239 e. The van der Waals surface area contributed by atoms with E-state index in [1.54, 1.807) is 0 Å². The molecule has 1 heterocycles. The summed E-state index contributed by atoms with van der Waals surface area (Å²) in [5.74, 6) is 0.337. The minimum Gasteiger partial charge on any atom is -0.381 e. The number of carbonyl (C=O) groups is 1. The Balaban J connectivity index is 1.93. The van der Waals surface area contributed by atoms with Gasteiger partial charge in [-0.15, -0.1) is 0 Å². The van der Waals surface area contributed by atoms with Gasteiger partial charge in [-0.05, 0) is 30.9 Å². The summed E-state index contributed by atoms with van der Waals surface area (Å²) in [6.45, 7) is 5.70. The van der Waals surface area contributed by atoms with Crippen molar-refractivity contribution in [3.8, 4) is 0 Å². The van der Waals surface area contributed by atoms with Gasteiger partial charge in [0, 0.05) is 24.8 Å². The third-order valence-corrected chi connectivity index (χ3v) is 4.42. The fraction of sp³-hybridized carbons (Fsp3) is 0.588. The monoisotopic (exact) mass is 289 g/mol. The predicted octanol–water partition coefficient (Wildman–Crippen LogP) is 2.46. The molecular weight excluding hydrogens is 262 g/mol. The molecule has 4 heteroatoms. The van der Waals surface area contributed by atoms with E-state index in [1.807, 2.05) is 30.0 Å². The third kappa shape index (κ3) is 4.21. The van der Waals surface area contributed by atoms with Gasteiger partial charge in [-0.2, -0.15) is 0 Å². The average Bonchev–Trinajstić information content (AvgIpc) is 2.54. The number of carbonyl (C=O) groups excluding carboxylic acids is 1. The van der Waals surface area contributed by atoms with Crippen LogP contribution < -0.4 is 11.1 Å². The molecule has 4 nitrogen and oxygen atoms in total. The van der Waals surface area contributed by atoms with Crippen LogP contribution in [0.2, 0.25) is 0 Å². The summed E-state index contributed by atoms with van der Waals surface area (Å²) in [5, 5.41) is 3.51. The minimum atomic E-state index is -0.370. The second kappa shape index (κ2) is 7.46. The number of piperidine rings is 1. The lowest BCUT2D eigenvalue weighted by Crippen LogP contribution is -2.52. The Labute approximate surface area is 127 Å². The first-order valence-corrected chi connectivity index (χ1v) is 7.97. The Hall–Kier alpha value is -1.55. The molecule has 0 spiro atoms. The summed E-state index contributed by atoms with van der Waals surface area (Å²) < 4.78 is 0. The van der Waals surface area contributed by atoms with Crippen molar-refractivity contribution in [2.75, 3.05) is 18.4 Å². The van der Waals surface area contributed by atoms with Crippen LogP contribution in [-0.2, 0) is 4.79 Å². The maximum atomic E-state index is 12.5. The molecule has 116 valence electrons. The van der Waals surface area contributed by atoms with Crippen LogP contribution in [0.1, 0.15) is 33.1 Å². The molecule has 1 amide bonds. The molecule has 1 saturated heterocycles. The van der Waals surface area contributed by atoms with E-state index in [4.69, 9.17) is 5.73 Å². The number of anilines is 1. The van der Waals surface area contributed by atoms with Crippen LogP contribution >= 0.6 is 0 Å². The zero-order valence-electron chi connectivity index (χ0n) is 13.1. The fourth-order valence-corrected chi connectivity index (χ4v) is 2.77. The van der Waals surface area contributed by atoms with Gasteiger partial charge in [0.1, 0.15) is 0 Å². The maximum absolute atomic E-state index is 12.5. The lowest BCUT2D eigenvalue weighted by molar-refractivity contribution is -0.134. The highest BCUT2D eigenvalue weighted by atomic mass is 16.2. The van der Waals surface area contributed by atoms with Crippen LogP contribution in [0.4, 0.5) is 5.69 Å². The Kier molecular flexibility index (Phi) is 5.62. The van der Waals surface area contributed by atoms with Crippen molar-refractivity contribution in [2.24, 2.45) is 11.7 Å². The molecule has 0 aromatic heterocycles. The number of hydrogen-bond acceptors (Lipinski definition) is 3. The van der Waals surface area contributed by atoms with Gasteiger partial charge >= 0.3 is 0 Å². The minimum absolute atomic E-state index is 0.101. The number of hydrogen-bond donors (Lipinski definition) is 2. The highest BCUT2D eigenvalue weighted by molar-refractivity contribution is 5.82. The molecule has 0 radical (unpaired) electrons. The van der Waals surface area contributed by atoms with Gasteiger partial charge in [-0.3, -0.25) is 4.79 Å². The number of rotatable bonds is 5. The van der Waals surface area contributed by atoms with Gasteiger partial charge in [0.15, 0.2) is 0 Å². The van der Waals surface area contributed by atoms with Crippen molar-refractivity contribution >= 4 is 11.6 Å². The zero-order valence-corrected chi connectivity index (χ0v) is 13.1. The number of benzene rings is 1. The Morgan fingerprint density at radius 2 is 2.14 bits per heavy atom. The van der Waals surface area contributed by atoms with Crippen LogP contribution in [0.5, 0.6) is 0 Å². The Morgan fingerprint density at radius 3 is 2.81 bits per heavy atom. The lowest BCUT2D eigenvalue weighted by Gasteiger charge is -2.36. The largest absolute Gasteiger partial charge is 0.381 e. The second-order valence-corrected chi connectivity index (χ2v) is 6.05. The number of para-hydroxylation sites is 1. The van der Waals surface area contributed by atoms with E-state index in [1.165, 1.54) is 0 Å². The van der Waals surface area contributed by atoms with Gasteiger partial charge in [0.05, 0.1) is 6.04 Å². The number of likely N-dealkylation sites (tertiary alicyclic amines) is 1. The molecule has 1 fully saturated rings. The van der Waals surface area contributed by atoms with Crippen LogP contribution in [0.15, 0.2) is 30.3 Å². The van der Waals surface area contributed by atoms with Gasteiger partial charge in [0.25, 0.3) is 0 Å². The molecule has 3 unspecified atom stereocenters. The van der Waals surface area contributed by atoms with Crippen molar-refractivity contribution < 1.29 is 4.79 Å². The molecular formula is C17H27N3O.